The van der Waals surface area contributed by atoms with E-state index in [4.69, 9.17) is 11.6 Å². The van der Waals surface area contributed by atoms with Crippen molar-refractivity contribution in [2.75, 3.05) is 19.6 Å². The van der Waals surface area contributed by atoms with E-state index in [1.807, 2.05) is 24.3 Å². The molecule has 3 unspecified atom stereocenters. The van der Waals surface area contributed by atoms with Crippen LogP contribution < -0.4 is 0 Å². The second-order valence-corrected chi connectivity index (χ2v) is 6.34. The van der Waals surface area contributed by atoms with Crippen molar-refractivity contribution >= 4 is 11.6 Å². The second kappa shape index (κ2) is 6.74. The van der Waals surface area contributed by atoms with Crippen molar-refractivity contribution in [3.63, 3.8) is 0 Å². The Hall–Kier alpha value is -0.570. The number of piperidine rings is 1. The molecule has 19 heavy (non-hydrogen) atoms. The van der Waals surface area contributed by atoms with Crippen LogP contribution in [0.5, 0.6) is 0 Å². The molecule has 106 valence electrons. The highest BCUT2D eigenvalue weighted by atomic mass is 35.5. The van der Waals surface area contributed by atoms with E-state index in [0.717, 1.165) is 43.5 Å². The Bertz CT molecular complexity index is 409. The largest absolute Gasteiger partial charge is 0.388 e. The number of nitrogens with zero attached hydrogens (tertiary/aromatic N) is 1. The van der Waals surface area contributed by atoms with Crippen LogP contribution in [-0.4, -0.2) is 29.6 Å². The molecule has 0 spiro atoms. The molecule has 0 aliphatic carbocycles. The van der Waals surface area contributed by atoms with Crippen LogP contribution in [0.2, 0.25) is 5.02 Å². The molecule has 3 atom stereocenters. The lowest BCUT2D eigenvalue weighted by molar-refractivity contribution is 0.103. The van der Waals surface area contributed by atoms with Gasteiger partial charge < -0.3 is 10.0 Å². The predicted molar refractivity (Wildman–Crippen MR) is 80.4 cm³/mol. The van der Waals surface area contributed by atoms with E-state index in [9.17, 15) is 5.11 Å². The first kappa shape index (κ1) is 14.8. The minimum Gasteiger partial charge on any atom is -0.388 e. The van der Waals surface area contributed by atoms with Crippen molar-refractivity contribution in [3.8, 4) is 0 Å². The Kier molecular flexibility index (Phi) is 5.26. The fourth-order valence-corrected chi connectivity index (χ4v) is 2.94. The van der Waals surface area contributed by atoms with Crippen LogP contribution in [0.15, 0.2) is 24.3 Å². The molecule has 1 aliphatic heterocycles. The van der Waals surface area contributed by atoms with Crippen molar-refractivity contribution in [1.29, 1.82) is 0 Å². The lowest BCUT2D eigenvalue weighted by Crippen LogP contribution is -2.39. The monoisotopic (exact) mass is 281 g/mol. The Morgan fingerprint density at radius 1 is 1.37 bits per heavy atom. The molecule has 3 heteroatoms. The van der Waals surface area contributed by atoms with Gasteiger partial charge in [-0.15, -0.1) is 0 Å². The van der Waals surface area contributed by atoms with Gasteiger partial charge in [0.25, 0.3) is 0 Å². The summed E-state index contributed by atoms with van der Waals surface area (Å²) in [5.41, 5.74) is 0.922. The normalized spacial score (nSPS) is 26.3. The summed E-state index contributed by atoms with van der Waals surface area (Å²) in [4.78, 5) is 2.47. The first-order chi connectivity index (χ1) is 9.06. The third-order valence-corrected chi connectivity index (χ3v) is 4.61. The van der Waals surface area contributed by atoms with Gasteiger partial charge in [0.05, 0.1) is 6.10 Å². The number of rotatable bonds is 4. The summed E-state index contributed by atoms with van der Waals surface area (Å²) in [6.07, 6.45) is 1.64. The molecule has 0 amide bonds. The molecule has 1 N–H and O–H groups in total. The highest BCUT2D eigenvalue weighted by Gasteiger charge is 2.22. The van der Waals surface area contributed by atoms with E-state index in [-0.39, 0.29) is 0 Å². The van der Waals surface area contributed by atoms with Crippen molar-refractivity contribution < 1.29 is 5.11 Å². The number of halogens is 1. The first-order valence-electron chi connectivity index (χ1n) is 7.22. The van der Waals surface area contributed by atoms with Crippen molar-refractivity contribution in [1.82, 2.24) is 4.90 Å². The number of aliphatic hydroxyl groups excluding tert-OH is 1. The van der Waals surface area contributed by atoms with Gasteiger partial charge in [0, 0.05) is 18.1 Å². The summed E-state index contributed by atoms with van der Waals surface area (Å²) in [6.45, 7) is 7.94. The zero-order valence-electron chi connectivity index (χ0n) is 11.8. The molecule has 1 aromatic carbocycles. The Morgan fingerprint density at radius 2 is 2.16 bits per heavy atom. The van der Waals surface area contributed by atoms with Gasteiger partial charge in [0.15, 0.2) is 0 Å². The Labute approximate surface area is 121 Å². The maximum absolute atomic E-state index is 10.2. The average molecular weight is 282 g/mol. The zero-order chi connectivity index (χ0) is 13.8. The molecule has 0 radical (unpaired) electrons. The van der Waals surface area contributed by atoms with E-state index < -0.39 is 6.10 Å². The SMILES string of the molecule is CC1CCN(CCC(O)c2cccc(Cl)c2)CC1C. The van der Waals surface area contributed by atoms with E-state index in [0.29, 0.717) is 5.02 Å². The molecular formula is C16H24ClNO. The molecule has 0 saturated carbocycles. The third kappa shape index (κ3) is 4.20. The molecular weight excluding hydrogens is 258 g/mol. The van der Waals surface area contributed by atoms with Gasteiger partial charge in [0.2, 0.25) is 0 Å². The van der Waals surface area contributed by atoms with Crippen molar-refractivity contribution in [2.45, 2.75) is 32.8 Å². The quantitative estimate of drug-likeness (QED) is 0.909. The van der Waals surface area contributed by atoms with Crippen LogP contribution >= 0.6 is 11.6 Å². The van der Waals surface area contributed by atoms with Crippen LogP contribution in [-0.2, 0) is 0 Å². The van der Waals surface area contributed by atoms with E-state index in [1.54, 1.807) is 0 Å². The van der Waals surface area contributed by atoms with Gasteiger partial charge >= 0.3 is 0 Å². The zero-order valence-corrected chi connectivity index (χ0v) is 12.6. The maximum atomic E-state index is 10.2. The molecule has 2 rings (SSSR count). The van der Waals surface area contributed by atoms with Crippen molar-refractivity contribution in [3.05, 3.63) is 34.9 Å². The molecule has 1 heterocycles. The summed E-state index contributed by atoms with van der Waals surface area (Å²) in [6, 6.07) is 7.53. The fraction of sp³-hybridized carbons (Fsp3) is 0.625. The minimum absolute atomic E-state index is 0.409. The van der Waals surface area contributed by atoms with Gasteiger partial charge in [-0.25, -0.2) is 0 Å². The summed E-state index contributed by atoms with van der Waals surface area (Å²) in [7, 11) is 0. The van der Waals surface area contributed by atoms with Gasteiger partial charge in [-0.1, -0.05) is 37.6 Å². The third-order valence-electron chi connectivity index (χ3n) is 4.37. The minimum atomic E-state index is -0.409. The number of benzene rings is 1. The smallest absolute Gasteiger partial charge is 0.0802 e. The van der Waals surface area contributed by atoms with E-state index in [2.05, 4.69) is 18.7 Å². The summed E-state index contributed by atoms with van der Waals surface area (Å²) < 4.78 is 0. The number of likely N-dealkylation sites (tertiary alicyclic amines) is 1. The highest BCUT2D eigenvalue weighted by Crippen LogP contribution is 2.25. The van der Waals surface area contributed by atoms with E-state index in [1.165, 1.54) is 6.42 Å². The van der Waals surface area contributed by atoms with Crippen LogP contribution in [0.1, 0.15) is 38.4 Å². The fourth-order valence-electron chi connectivity index (χ4n) is 2.74. The number of hydrogen-bond donors (Lipinski definition) is 1. The van der Waals surface area contributed by atoms with Crippen LogP contribution in [0.25, 0.3) is 0 Å². The van der Waals surface area contributed by atoms with Crippen molar-refractivity contribution in [2.24, 2.45) is 11.8 Å². The van der Waals surface area contributed by atoms with Crippen LogP contribution in [0.4, 0.5) is 0 Å². The number of hydrogen-bond acceptors (Lipinski definition) is 2. The lowest BCUT2D eigenvalue weighted by Gasteiger charge is -2.35. The average Bonchev–Trinajstić information content (AvgIpc) is 2.40. The molecule has 0 bridgehead atoms. The molecule has 1 aliphatic rings. The molecule has 0 aromatic heterocycles. The topological polar surface area (TPSA) is 23.5 Å². The van der Waals surface area contributed by atoms with Crippen LogP contribution in [0, 0.1) is 11.8 Å². The molecule has 2 nitrogen and oxygen atoms in total. The second-order valence-electron chi connectivity index (χ2n) is 5.90. The van der Waals surface area contributed by atoms with Gasteiger partial charge in [0.1, 0.15) is 0 Å². The first-order valence-corrected chi connectivity index (χ1v) is 7.60. The summed E-state index contributed by atoms with van der Waals surface area (Å²) in [5.74, 6) is 1.59. The standard InChI is InChI=1S/C16H24ClNO/c1-12-6-8-18(11-13(12)2)9-7-16(19)14-4-3-5-15(17)10-14/h3-5,10,12-13,16,19H,6-9,11H2,1-2H3. The number of aliphatic hydroxyl groups is 1. The lowest BCUT2D eigenvalue weighted by atomic mass is 9.88. The summed E-state index contributed by atoms with van der Waals surface area (Å²) >= 11 is 5.95. The van der Waals surface area contributed by atoms with E-state index >= 15 is 0 Å². The van der Waals surface area contributed by atoms with Gasteiger partial charge in [-0.05, 0) is 48.9 Å². The molecule has 1 aromatic rings. The molecule has 1 fully saturated rings. The van der Waals surface area contributed by atoms with Gasteiger partial charge in [-0.3, -0.25) is 0 Å². The predicted octanol–water partition coefficient (Wildman–Crippen LogP) is 3.74. The maximum Gasteiger partial charge on any atom is 0.0802 e. The Morgan fingerprint density at radius 3 is 2.84 bits per heavy atom. The molecule has 1 saturated heterocycles. The summed E-state index contributed by atoms with van der Waals surface area (Å²) in [5, 5.41) is 10.9. The van der Waals surface area contributed by atoms with Gasteiger partial charge in [-0.2, -0.15) is 0 Å². The van der Waals surface area contributed by atoms with Crippen LogP contribution in [0.3, 0.4) is 0 Å². The highest BCUT2D eigenvalue weighted by molar-refractivity contribution is 6.30. The Balaban J connectivity index is 1.82.